The standard InChI is InChI=1S/C18H21N9O4/c1-11(12-4-2-3-5-14(12)28)20-22-18(29)15-13(10-26-6-8-30-9-7-26)27(25-21-15)17-16(19)23-31-24-17/h2-5,28H,6-10H2,1H3,(H2,19,23)(H,22,29). The summed E-state index contributed by atoms with van der Waals surface area (Å²) in [6.45, 7) is 4.56. The lowest BCUT2D eigenvalue weighted by Gasteiger charge is -2.26. The number of carbonyl (C=O) groups is 1. The molecule has 162 valence electrons. The molecule has 1 fully saturated rings. The molecule has 3 heterocycles. The number of aromatic hydroxyl groups is 1. The predicted molar refractivity (Wildman–Crippen MR) is 108 cm³/mol. The summed E-state index contributed by atoms with van der Waals surface area (Å²) in [5, 5.41) is 29.4. The number of benzene rings is 1. The topological polar surface area (TPSA) is 170 Å². The van der Waals surface area contributed by atoms with Crippen molar-refractivity contribution < 1.29 is 19.3 Å². The van der Waals surface area contributed by atoms with Crippen molar-refractivity contribution in [3.05, 3.63) is 41.2 Å². The molecule has 1 saturated heterocycles. The lowest BCUT2D eigenvalue weighted by molar-refractivity contribution is 0.0332. The summed E-state index contributed by atoms with van der Waals surface area (Å²) in [5.74, 6) is -0.345. The number of aromatic nitrogens is 5. The molecule has 0 atom stereocenters. The Labute approximate surface area is 176 Å². The van der Waals surface area contributed by atoms with E-state index in [9.17, 15) is 9.90 Å². The van der Waals surface area contributed by atoms with Gasteiger partial charge in [0.15, 0.2) is 5.69 Å². The van der Waals surface area contributed by atoms with Crippen molar-refractivity contribution in [3.63, 3.8) is 0 Å². The van der Waals surface area contributed by atoms with Crippen LogP contribution in [0.3, 0.4) is 0 Å². The van der Waals surface area contributed by atoms with E-state index in [4.69, 9.17) is 10.5 Å². The molecule has 31 heavy (non-hydrogen) atoms. The molecular formula is C18H21N9O4. The lowest BCUT2D eigenvalue weighted by Crippen LogP contribution is -2.37. The minimum Gasteiger partial charge on any atom is -0.507 e. The third-order valence-electron chi connectivity index (χ3n) is 4.77. The molecule has 0 spiro atoms. The van der Waals surface area contributed by atoms with Crippen LogP contribution in [0.1, 0.15) is 28.7 Å². The Morgan fingerprint density at radius 3 is 2.77 bits per heavy atom. The normalized spacial score (nSPS) is 15.2. The van der Waals surface area contributed by atoms with Gasteiger partial charge in [-0.15, -0.1) is 5.10 Å². The van der Waals surface area contributed by atoms with E-state index in [1.54, 1.807) is 31.2 Å². The number of carbonyl (C=O) groups excluding carboxylic acids is 1. The second-order valence-corrected chi connectivity index (χ2v) is 6.81. The summed E-state index contributed by atoms with van der Waals surface area (Å²) in [6, 6.07) is 6.70. The summed E-state index contributed by atoms with van der Waals surface area (Å²) in [5.41, 5.74) is 9.71. The van der Waals surface area contributed by atoms with Gasteiger partial charge in [0.1, 0.15) is 5.75 Å². The molecule has 1 aromatic carbocycles. The number of morpholine rings is 1. The number of nitrogens with one attached hydrogen (secondary N) is 1. The van der Waals surface area contributed by atoms with E-state index >= 15 is 0 Å². The van der Waals surface area contributed by atoms with Gasteiger partial charge in [-0.3, -0.25) is 9.69 Å². The van der Waals surface area contributed by atoms with Gasteiger partial charge in [-0.05, 0) is 29.4 Å². The summed E-state index contributed by atoms with van der Waals surface area (Å²) in [7, 11) is 0. The van der Waals surface area contributed by atoms with E-state index in [2.05, 4.69) is 40.7 Å². The van der Waals surface area contributed by atoms with Crippen LogP contribution in [0.4, 0.5) is 5.82 Å². The molecular weight excluding hydrogens is 406 g/mol. The Morgan fingerprint density at radius 1 is 1.29 bits per heavy atom. The second kappa shape index (κ2) is 8.89. The molecule has 1 amide bonds. The third-order valence-corrected chi connectivity index (χ3v) is 4.77. The SMILES string of the molecule is CC(=NNC(=O)c1nnn(-c2nonc2N)c1CN1CCOCC1)c1ccccc1O. The molecule has 1 aliphatic rings. The van der Waals surface area contributed by atoms with Crippen LogP contribution < -0.4 is 11.2 Å². The number of ether oxygens (including phenoxy) is 1. The largest absolute Gasteiger partial charge is 0.507 e. The molecule has 0 radical (unpaired) electrons. The van der Waals surface area contributed by atoms with Crippen LogP contribution in [0.2, 0.25) is 0 Å². The number of para-hydroxylation sites is 1. The van der Waals surface area contributed by atoms with Crippen molar-refractivity contribution >= 4 is 17.4 Å². The Morgan fingerprint density at radius 2 is 2.06 bits per heavy atom. The highest BCUT2D eigenvalue weighted by atomic mass is 16.6. The van der Waals surface area contributed by atoms with Crippen molar-refractivity contribution in [2.75, 3.05) is 32.0 Å². The van der Waals surface area contributed by atoms with E-state index in [1.165, 1.54) is 4.68 Å². The van der Waals surface area contributed by atoms with Gasteiger partial charge in [0.25, 0.3) is 5.91 Å². The number of rotatable bonds is 6. The number of phenols is 1. The van der Waals surface area contributed by atoms with Crippen molar-refractivity contribution in [2.24, 2.45) is 5.10 Å². The zero-order valence-electron chi connectivity index (χ0n) is 16.7. The van der Waals surface area contributed by atoms with E-state index in [0.29, 0.717) is 49.8 Å². The summed E-state index contributed by atoms with van der Waals surface area (Å²) in [4.78, 5) is 15.0. The first-order valence-corrected chi connectivity index (χ1v) is 9.50. The molecule has 0 bridgehead atoms. The number of hydrazone groups is 1. The van der Waals surface area contributed by atoms with Gasteiger partial charge in [0.2, 0.25) is 11.6 Å². The first-order chi connectivity index (χ1) is 15.0. The van der Waals surface area contributed by atoms with E-state index in [0.717, 1.165) is 0 Å². The average Bonchev–Trinajstić information content (AvgIpc) is 3.38. The number of amides is 1. The number of nitrogens with two attached hydrogens (primary N) is 1. The maximum Gasteiger partial charge on any atom is 0.293 e. The van der Waals surface area contributed by atoms with E-state index in [1.807, 2.05) is 0 Å². The highest BCUT2D eigenvalue weighted by Crippen LogP contribution is 2.19. The molecule has 13 nitrogen and oxygen atoms in total. The van der Waals surface area contributed by atoms with Crippen LogP contribution in [-0.4, -0.2) is 73.2 Å². The monoisotopic (exact) mass is 427 g/mol. The fraction of sp³-hybridized carbons (Fsp3) is 0.333. The molecule has 0 aliphatic carbocycles. The highest BCUT2D eigenvalue weighted by Gasteiger charge is 2.26. The number of hydrogen-bond donors (Lipinski definition) is 3. The Bertz CT molecular complexity index is 1100. The van der Waals surface area contributed by atoms with Gasteiger partial charge >= 0.3 is 0 Å². The minimum atomic E-state index is -0.570. The van der Waals surface area contributed by atoms with Gasteiger partial charge in [0, 0.05) is 25.2 Å². The van der Waals surface area contributed by atoms with Crippen LogP contribution >= 0.6 is 0 Å². The smallest absolute Gasteiger partial charge is 0.293 e. The molecule has 1 aliphatic heterocycles. The number of anilines is 1. The number of hydrogen-bond acceptors (Lipinski definition) is 11. The molecule has 2 aromatic heterocycles. The van der Waals surface area contributed by atoms with Crippen LogP contribution in [0.15, 0.2) is 34.0 Å². The van der Waals surface area contributed by atoms with Crippen LogP contribution in [0.25, 0.3) is 5.82 Å². The van der Waals surface area contributed by atoms with Gasteiger partial charge in [-0.25, -0.2) is 10.1 Å². The van der Waals surface area contributed by atoms with Crippen molar-refractivity contribution in [2.45, 2.75) is 13.5 Å². The fourth-order valence-electron chi connectivity index (χ4n) is 3.13. The average molecular weight is 427 g/mol. The van der Waals surface area contributed by atoms with Gasteiger partial charge in [-0.2, -0.15) is 9.78 Å². The van der Waals surface area contributed by atoms with Crippen molar-refractivity contribution in [1.29, 1.82) is 0 Å². The number of phenolic OH excluding ortho intramolecular Hbond substituents is 1. The lowest BCUT2D eigenvalue weighted by atomic mass is 10.1. The predicted octanol–water partition coefficient (Wildman–Crippen LogP) is -0.0757. The molecule has 4 rings (SSSR count). The van der Waals surface area contributed by atoms with Crippen LogP contribution in [0.5, 0.6) is 5.75 Å². The second-order valence-electron chi connectivity index (χ2n) is 6.81. The number of nitrogens with zero attached hydrogens (tertiary/aromatic N) is 7. The molecule has 13 heteroatoms. The van der Waals surface area contributed by atoms with Crippen molar-refractivity contribution in [1.82, 2.24) is 35.6 Å². The zero-order valence-corrected chi connectivity index (χ0v) is 16.7. The Kier molecular flexibility index (Phi) is 5.86. The molecule has 0 unspecified atom stereocenters. The third kappa shape index (κ3) is 4.36. The maximum atomic E-state index is 12.9. The summed E-state index contributed by atoms with van der Waals surface area (Å²) >= 11 is 0. The molecule has 3 aromatic rings. The van der Waals surface area contributed by atoms with Gasteiger partial charge in [0.05, 0.1) is 24.6 Å². The quantitative estimate of drug-likeness (QED) is 0.357. The molecule has 4 N–H and O–H groups in total. The minimum absolute atomic E-state index is 0.0218. The van der Waals surface area contributed by atoms with E-state index < -0.39 is 5.91 Å². The Hall–Kier alpha value is -3.84. The van der Waals surface area contributed by atoms with Crippen LogP contribution in [-0.2, 0) is 11.3 Å². The number of nitrogen functional groups attached to an aromatic ring is 1. The highest BCUT2D eigenvalue weighted by molar-refractivity contribution is 6.02. The zero-order chi connectivity index (χ0) is 21.8. The Balaban J connectivity index is 1.61. The van der Waals surface area contributed by atoms with Crippen molar-refractivity contribution in [3.8, 4) is 11.6 Å². The fourth-order valence-corrected chi connectivity index (χ4v) is 3.13. The van der Waals surface area contributed by atoms with Gasteiger partial charge in [-0.1, -0.05) is 17.3 Å². The summed E-state index contributed by atoms with van der Waals surface area (Å²) < 4.78 is 11.4. The first kappa shape index (κ1) is 20.4. The first-order valence-electron chi connectivity index (χ1n) is 9.50. The van der Waals surface area contributed by atoms with Crippen LogP contribution in [0, 0.1) is 0 Å². The maximum absolute atomic E-state index is 12.9. The van der Waals surface area contributed by atoms with Gasteiger partial charge < -0.3 is 15.6 Å². The van der Waals surface area contributed by atoms with E-state index in [-0.39, 0.29) is 23.1 Å². The summed E-state index contributed by atoms with van der Waals surface area (Å²) in [6.07, 6.45) is 0. The molecule has 0 saturated carbocycles.